The van der Waals surface area contributed by atoms with Gasteiger partial charge in [0.15, 0.2) is 0 Å². The van der Waals surface area contributed by atoms with E-state index in [0.717, 1.165) is 92.4 Å². The molecule has 1 aliphatic heterocycles. The summed E-state index contributed by atoms with van der Waals surface area (Å²) in [6.45, 7) is 3.24. The largest absolute Gasteiger partial charge is 0.497 e. The van der Waals surface area contributed by atoms with Gasteiger partial charge < -0.3 is 14.7 Å². The number of hydrogen-bond donors (Lipinski definition) is 1. The molecule has 182 valence electrons. The first-order chi connectivity index (χ1) is 16.5. The Morgan fingerprint density at radius 2 is 1.94 bits per heavy atom. The van der Waals surface area contributed by atoms with E-state index in [9.17, 15) is 9.50 Å². The highest BCUT2D eigenvalue weighted by atomic mass is 35.5. The fourth-order valence-corrected chi connectivity index (χ4v) is 5.41. The van der Waals surface area contributed by atoms with Crippen LogP contribution in [0.1, 0.15) is 43.2 Å². The highest BCUT2D eigenvalue weighted by Gasteiger charge is 2.33. The third-order valence-corrected chi connectivity index (χ3v) is 7.67. The van der Waals surface area contributed by atoms with Crippen LogP contribution >= 0.6 is 11.6 Å². The summed E-state index contributed by atoms with van der Waals surface area (Å²) in [5, 5.41) is 12.0. The van der Waals surface area contributed by atoms with Gasteiger partial charge in [-0.3, -0.25) is 4.98 Å². The molecule has 0 saturated carbocycles. The molecule has 0 atom stereocenters. The number of pyridine rings is 1. The summed E-state index contributed by atoms with van der Waals surface area (Å²) in [4.78, 5) is 6.93. The topological polar surface area (TPSA) is 45.6 Å². The van der Waals surface area contributed by atoms with E-state index in [-0.39, 0.29) is 17.8 Å². The minimum Gasteiger partial charge on any atom is -0.497 e. The highest BCUT2D eigenvalue weighted by molar-refractivity contribution is 6.32. The van der Waals surface area contributed by atoms with Crippen LogP contribution in [0.15, 0.2) is 48.7 Å². The average Bonchev–Trinajstić information content (AvgIpc) is 2.86. The minimum absolute atomic E-state index is 0.0218. The van der Waals surface area contributed by atoms with Crippen molar-refractivity contribution in [2.24, 2.45) is 5.41 Å². The zero-order valence-electron chi connectivity index (χ0n) is 19.9. The van der Waals surface area contributed by atoms with Crippen molar-refractivity contribution in [2.45, 2.75) is 44.9 Å². The van der Waals surface area contributed by atoms with E-state index in [4.69, 9.17) is 16.3 Å². The molecule has 4 rings (SSSR count). The van der Waals surface area contributed by atoms with Gasteiger partial charge in [0.2, 0.25) is 0 Å². The number of aryl methyl sites for hydroxylation is 2. The SMILES string of the molecule is COc1ccc2ncc(Cl)c(CCCC3(CO)CCN(CCCc4cccc(F)c4)CC3)c2c1. The van der Waals surface area contributed by atoms with Gasteiger partial charge in [-0.1, -0.05) is 23.7 Å². The van der Waals surface area contributed by atoms with Crippen LogP contribution in [0.2, 0.25) is 5.02 Å². The Bertz CT molecular complexity index is 1100. The molecule has 6 heteroatoms. The Hall–Kier alpha value is -2.21. The van der Waals surface area contributed by atoms with Crippen molar-refractivity contribution in [2.75, 3.05) is 33.4 Å². The molecule has 0 spiro atoms. The van der Waals surface area contributed by atoms with Crippen molar-refractivity contribution < 1.29 is 14.2 Å². The summed E-state index contributed by atoms with van der Waals surface area (Å²) >= 11 is 6.53. The number of aliphatic hydroxyl groups excluding tert-OH is 1. The van der Waals surface area contributed by atoms with Gasteiger partial charge in [-0.2, -0.15) is 0 Å². The zero-order chi connectivity index (χ0) is 24.0. The number of piperidine rings is 1. The molecule has 1 N–H and O–H groups in total. The molecule has 34 heavy (non-hydrogen) atoms. The highest BCUT2D eigenvalue weighted by Crippen LogP contribution is 2.37. The van der Waals surface area contributed by atoms with Crippen molar-refractivity contribution in [3.8, 4) is 5.75 Å². The molecule has 1 aliphatic rings. The van der Waals surface area contributed by atoms with Crippen molar-refractivity contribution in [3.05, 3.63) is 70.6 Å². The zero-order valence-corrected chi connectivity index (χ0v) is 20.7. The number of methoxy groups -OCH3 is 1. The Morgan fingerprint density at radius 1 is 1.12 bits per heavy atom. The van der Waals surface area contributed by atoms with Gasteiger partial charge in [-0.15, -0.1) is 0 Å². The van der Waals surface area contributed by atoms with Gasteiger partial charge in [0.25, 0.3) is 0 Å². The third-order valence-electron chi connectivity index (χ3n) is 7.35. The quantitative estimate of drug-likeness (QED) is 0.379. The average molecular weight is 485 g/mol. The number of hydrogen-bond acceptors (Lipinski definition) is 4. The smallest absolute Gasteiger partial charge is 0.123 e. The van der Waals surface area contributed by atoms with Gasteiger partial charge in [-0.05, 0) is 111 Å². The van der Waals surface area contributed by atoms with Crippen molar-refractivity contribution >= 4 is 22.5 Å². The summed E-state index contributed by atoms with van der Waals surface area (Å²) in [6, 6.07) is 12.8. The molecule has 0 unspecified atom stereocenters. The van der Waals surface area contributed by atoms with Crippen LogP contribution in [0.25, 0.3) is 10.9 Å². The number of ether oxygens (including phenoxy) is 1. The second-order valence-corrected chi connectivity index (χ2v) is 9.96. The van der Waals surface area contributed by atoms with Gasteiger partial charge in [0, 0.05) is 18.2 Å². The molecule has 3 aromatic rings. The van der Waals surface area contributed by atoms with Crippen molar-refractivity contribution in [1.82, 2.24) is 9.88 Å². The van der Waals surface area contributed by atoms with Crippen LogP contribution in [-0.2, 0) is 12.8 Å². The maximum atomic E-state index is 13.4. The number of halogens is 2. The molecule has 1 aromatic heterocycles. The molecular formula is C28H34ClFN2O2. The van der Waals surface area contributed by atoms with Crippen LogP contribution < -0.4 is 4.74 Å². The van der Waals surface area contributed by atoms with Gasteiger partial charge in [-0.25, -0.2) is 4.39 Å². The molecule has 2 heterocycles. The summed E-state index contributed by atoms with van der Waals surface area (Å²) in [7, 11) is 1.66. The van der Waals surface area contributed by atoms with Crippen LogP contribution in [-0.4, -0.2) is 48.3 Å². The third kappa shape index (κ3) is 6.07. The van der Waals surface area contributed by atoms with Crippen LogP contribution in [0.4, 0.5) is 4.39 Å². The number of aromatic nitrogens is 1. The predicted molar refractivity (Wildman–Crippen MR) is 136 cm³/mol. The van der Waals surface area contributed by atoms with Gasteiger partial charge in [0.05, 0.1) is 17.6 Å². The van der Waals surface area contributed by atoms with Crippen LogP contribution in [0.3, 0.4) is 0 Å². The first-order valence-electron chi connectivity index (χ1n) is 12.2. The minimum atomic E-state index is -0.164. The summed E-state index contributed by atoms with van der Waals surface area (Å²) in [5.41, 5.74) is 3.06. The van der Waals surface area contributed by atoms with E-state index in [1.807, 2.05) is 24.3 Å². The predicted octanol–water partition coefficient (Wildman–Crippen LogP) is 6.07. The van der Waals surface area contributed by atoms with Crippen molar-refractivity contribution in [1.29, 1.82) is 0 Å². The number of rotatable bonds is 10. The van der Waals surface area contributed by atoms with E-state index in [0.29, 0.717) is 5.02 Å². The molecule has 0 radical (unpaired) electrons. The number of likely N-dealkylation sites (tertiary alicyclic amines) is 1. The van der Waals surface area contributed by atoms with Gasteiger partial charge in [0.1, 0.15) is 11.6 Å². The lowest BCUT2D eigenvalue weighted by atomic mass is 9.75. The Kier molecular flexibility index (Phi) is 8.41. The summed E-state index contributed by atoms with van der Waals surface area (Å²) in [6.07, 6.45) is 8.45. The standard InChI is InChI=1S/C28H34ClFN2O2/c1-34-23-9-10-27-25(18-23)24(26(29)19-31-27)8-3-11-28(20-33)12-15-32(16-13-28)14-4-6-21-5-2-7-22(30)17-21/h2,5,7,9-10,17-19,33H,3-4,6,8,11-16,20H2,1H3. The molecule has 4 nitrogen and oxygen atoms in total. The fraction of sp³-hybridized carbons (Fsp3) is 0.464. The molecule has 0 amide bonds. The van der Waals surface area contributed by atoms with Crippen LogP contribution in [0.5, 0.6) is 5.75 Å². The van der Waals surface area contributed by atoms with Crippen LogP contribution in [0, 0.1) is 11.2 Å². The normalized spacial score (nSPS) is 16.1. The molecule has 0 aliphatic carbocycles. The number of nitrogens with zero attached hydrogens (tertiary/aromatic N) is 2. The van der Waals surface area contributed by atoms with E-state index < -0.39 is 0 Å². The lowest BCUT2D eigenvalue weighted by molar-refractivity contribution is 0.0353. The second-order valence-electron chi connectivity index (χ2n) is 9.55. The molecule has 1 fully saturated rings. The fourth-order valence-electron chi connectivity index (χ4n) is 5.16. The lowest BCUT2D eigenvalue weighted by Gasteiger charge is -2.41. The van der Waals surface area contributed by atoms with E-state index in [1.165, 1.54) is 6.07 Å². The van der Waals surface area contributed by atoms with E-state index >= 15 is 0 Å². The van der Waals surface area contributed by atoms with Crippen molar-refractivity contribution in [3.63, 3.8) is 0 Å². The van der Waals surface area contributed by atoms with E-state index in [2.05, 4.69) is 9.88 Å². The number of aliphatic hydroxyl groups is 1. The first-order valence-corrected chi connectivity index (χ1v) is 12.6. The first kappa shape index (κ1) is 24.9. The molecule has 0 bridgehead atoms. The Labute approximate surface area is 206 Å². The second kappa shape index (κ2) is 11.5. The molecule has 1 saturated heterocycles. The summed E-state index contributed by atoms with van der Waals surface area (Å²) in [5.74, 6) is 0.637. The summed E-state index contributed by atoms with van der Waals surface area (Å²) < 4.78 is 18.8. The molecule has 2 aromatic carbocycles. The Morgan fingerprint density at radius 3 is 2.68 bits per heavy atom. The van der Waals surface area contributed by atoms with Gasteiger partial charge >= 0.3 is 0 Å². The maximum Gasteiger partial charge on any atom is 0.123 e. The Balaban J connectivity index is 1.29. The molecular weight excluding hydrogens is 451 g/mol. The monoisotopic (exact) mass is 484 g/mol. The lowest BCUT2D eigenvalue weighted by Crippen LogP contribution is -2.42. The number of benzene rings is 2. The number of fused-ring (bicyclic) bond motifs is 1. The maximum absolute atomic E-state index is 13.4. The van der Waals surface area contributed by atoms with E-state index in [1.54, 1.807) is 25.4 Å².